The summed E-state index contributed by atoms with van der Waals surface area (Å²) in [6.07, 6.45) is 3.31. The topological polar surface area (TPSA) is 50.8 Å². The lowest BCUT2D eigenvalue weighted by molar-refractivity contribution is -0.116. The second-order valence-corrected chi connectivity index (χ2v) is 6.87. The number of allylic oxidation sites excluding steroid dienone is 1. The Morgan fingerprint density at radius 3 is 2.81 bits per heavy atom. The van der Waals surface area contributed by atoms with Crippen molar-refractivity contribution in [2.45, 2.75) is 45.6 Å². The summed E-state index contributed by atoms with van der Waals surface area (Å²) in [5, 5.41) is 4.07. The van der Waals surface area contributed by atoms with Crippen molar-refractivity contribution in [1.82, 2.24) is 10.2 Å². The van der Waals surface area contributed by atoms with Gasteiger partial charge in [-0.3, -0.25) is 4.79 Å². The predicted molar refractivity (Wildman–Crippen MR) is 106 cm³/mol. The molecule has 0 spiro atoms. The third-order valence-corrected chi connectivity index (χ3v) is 5.17. The van der Waals surface area contributed by atoms with Crippen LogP contribution in [0.5, 0.6) is 11.5 Å². The zero-order chi connectivity index (χ0) is 18.7. The summed E-state index contributed by atoms with van der Waals surface area (Å²) in [5.74, 6) is 1.53. The molecule has 2 aliphatic rings. The van der Waals surface area contributed by atoms with Gasteiger partial charge in [-0.1, -0.05) is 19.1 Å². The van der Waals surface area contributed by atoms with E-state index < -0.39 is 0 Å². The van der Waals surface area contributed by atoms with Crippen molar-refractivity contribution in [3.63, 3.8) is 0 Å². The van der Waals surface area contributed by atoms with Crippen molar-refractivity contribution in [2.24, 2.45) is 0 Å². The van der Waals surface area contributed by atoms with Gasteiger partial charge in [0.2, 0.25) is 0 Å². The fourth-order valence-corrected chi connectivity index (χ4v) is 4.08. The average Bonchev–Trinajstić information content (AvgIpc) is 2.64. The van der Waals surface area contributed by atoms with Gasteiger partial charge in [-0.15, -0.1) is 0 Å². The van der Waals surface area contributed by atoms with Gasteiger partial charge in [-0.25, -0.2) is 0 Å². The van der Waals surface area contributed by atoms with E-state index in [1.165, 1.54) is 0 Å². The number of ether oxygens (including phenoxy) is 2. The summed E-state index contributed by atoms with van der Waals surface area (Å²) in [6.45, 7) is 5.40. The highest BCUT2D eigenvalue weighted by molar-refractivity contribution is 7.80. The molecule has 0 fully saturated rings. The van der Waals surface area contributed by atoms with Crippen molar-refractivity contribution in [3.05, 3.63) is 35.0 Å². The molecule has 1 aromatic carbocycles. The molecule has 1 heterocycles. The Hall–Kier alpha value is -2.08. The second kappa shape index (κ2) is 8.08. The number of nitrogens with zero attached hydrogens (tertiary/aromatic N) is 1. The van der Waals surface area contributed by atoms with Crippen molar-refractivity contribution in [1.29, 1.82) is 0 Å². The van der Waals surface area contributed by atoms with Gasteiger partial charge >= 0.3 is 0 Å². The quantitative estimate of drug-likeness (QED) is 0.766. The van der Waals surface area contributed by atoms with Crippen molar-refractivity contribution in [3.8, 4) is 11.5 Å². The van der Waals surface area contributed by atoms with E-state index in [0.29, 0.717) is 29.6 Å². The highest BCUT2D eigenvalue weighted by atomic mass is 32.1. The molecule has 1 aliphatic carbocycles. The zero-order valence-electron chi connectivity index (χ0n) is 15.6. The first-order chi connectivity index (χ1) is 12.6. The lowest BCUT2D eigenvalue weighted by atomic mass is 9.84. The summed E-state index contributed by atoms with van der Waals surface area (Å²) in [4.78, 5) is 14.9. The Morgan fingerprint density at radius 2 is 2.12 bits per heavy atom. The van der Waals surface area contributed by atoms with E-state index >= 15 is 0 Å². The van der Waals surface area contributed by atoms with Gasteiger partial charge in [-0.05, 0) is 44.5 Å². The van der Waals surface area contributed by atoms with Crippen molar-refractivity contribution >= 4 is 23.1 Å². The molecule has 3 rings (SSSR count). The van der Waals surface area contributed by atoms with Crippen molar-refractivity contribution in [2.75, 3.05) is 20.3 Å². The molecule has 0 aromatic heterocycles. The Bertz CT molecular complexity index is 745. The van der Waals surface area contributed by atoms with Crippen LogP contribution in [0.25, 0.3) is 0 Å². The van der Waals surface area contributed by atoms with Gasteiger partial charge in [-0.2, -0.15) is 0 Å². The smallest absolute Gasteiger partial charge is 0.173 e. The van der Waals surface area contributed by atoms with Crippen LogP contribution in [0.15, 0.2) is 29.5 Å². The molecule has 1 atom stereocenters. The second-order valence-electron chi connectivity index (χ2n) is 6.48. The van der Waals surface area contributed by atoms with E-state index in [9.17, 15) is 4.79 Å². The number of nitrogens with one attached hydrogen (secondary N) is 1. The molecule has 6 heteroatoms. The highest BCUT2D eigenvalue weighted by Gasteiger charge is 2.38. The molecule has 1 N–H and O–H groups in total. The van der Waals surface area contributed by atoms with E-state index in [4.69, 9.17) is 21.7 Å². The predicted octanol–water partition coefficient (Wildman–Crippen LogP) is 3.74. The lowest BCUT2D eigenvalue weighted by Gasteiger charge is -2.41. The lowest BCUT2D eigenvalue weighted by Crippen LogP contribution is -2.49. The minimum atomic E-state index is -0.296. The summed E-state index contributed by atoms with van der Waals surface area (Å²) >= 11 is 5.64. The van der Waals surface area contributed by atoms with E-state index in [-0.39, 0.29) is 11.8 Å². The monoisotopic (exact) mass is 374 g/mol. The number of Topliss-reactive ketones (excluding diaryl/α,β-unsaturated/α-hetero) is 1. The Labute approximate surface area is 160 Å². The molecular formula is C20H26N2O3S. The van der Waals surface area contributed by atoms with Crippen LogP contribution < -0.4 is 14.8 Å². The first kappa shape index (κ1) is 18.7. The minimum Gasteiger partial charge on any atom is -0.493 e. The number of ketones is 1. The number of carbonyl (C=O) groups excluding carboxylic acids is 1. The summed E-state index contributed by atoms with van der Waals surface area (Å²) in [7, 11) is 1.63. The van der Waals surface area contributed by atoms with Crippen LogP contribution in [0.1, 0.15) is 51.1 Å². The molecule has 0 amide bonds. The molecule has 1 aliphatic heterocycles. The van der Waals surface area contributed by atoms with Crippen LogP contribution in [0, 0.1) is 0 Å². The number of rotatable bonds is 6. The van der Waals surface area contributed by atoms with Crippen LogP contribution in [-0.2, 0) is 4.79 Å². The first-order valence-corrected chi connectivity index (χ1v) is 9.67. The Kier molecular flexibility index (Phi) is 5.81. The van der Waals surface area contributed by atoms with E-state index in [1.807, 2.05) is 25.1 Å². The summed E-state index contributed by atoms with van der Waals surface area (Å²) in [6, 6.07) is 5.48. The maximum atomic E-state index is 12.9. The standard InChI is InChI=1S/C20H26N2O3S/c1-4-12-22-14-9-7-10-15(23)17(14)18(21-20(22)26)13-8-6-11-16(24-3)19(13)25-5-2/h6,8,11,18H,4-5,7,9-10,12H2,1-3H3,(H,21,26). The van der Waals surface area contributed by atoms with Crippen LogP contribution in [0.4, 0.5) is 0 Å². The molecule has 0 radical (unpaired) electrons. The summed E-state index contributed by atoms with van der Waals surface area (Å²) < 4.78 is 11.4. The Morgan fingerprint density at radius 1 is 1.31 bits per heavy atom. The van der Waals surface area contributed by atoms with Crippen LogP contribution in [0.3, 0.4) is 0 Å². The maximum Gasteiger partial charge on any atom is 0.173 e. The zero-order valence-corrected chi connectivity index (χ0v) is 16.4. The highest BCUT2D eigenvalue weighted by Crippen LogP contribution is 2.43. The van der Waals surface area contributed by atoms with E-state index in [2.05, 4.69) is 17.1 Å². The van der Waals surface area contributed by atoms with Gasteiger partial charge in [0, 0.05) is 29.8 Å². The molecule has 0 saturated carbocycles. The fourth-order valence-electron chi connectivity index (χ4n) is 3.76. The van der Waals surface area contributed by atoms with Gasteiger partial charge in [0.25, 0.3) is 0 Å². The number of carbonyl (C=O) groups is 1. The maximum absolute atomic E-state index is 12.9. The third kappa shape index (κ3) is 3.30. The molecule has 0 saturated heterocycles. The SMILES string of the molecule is CCCN1C(=S)NC(c2cccc(OC)c2OCC)C2=C1CCCC2=O. The molecular weight excluding hydrogens is 348 g/mol. The third-order valence-electron chi connectivity index (χ3n) is 4.83. The molecule has 1 unspecified atom stereocenters. The normalized spacial score (nSPS) is 20.0. The van der Waals surface area contributed by atoms with Crippen molar-refractivity contribution < 1.29 is 14.3 Å². The van der Waals surface area contributed by atoms with Crippen LogP contribution >= 0.6 is 12.2 Å². The number of hydrogen-bond acceptors (Lipinski definition) is 4. The molecule has 26 heavy (non-hydrogen) atoms. The van der Waals surface area contributed by atoms with Crippen LogP contribution in [0.2, 0.25) is 0 Å². The largest absolute Gasteiger partial charge is 0.493 e. The molecule has 140 valence electrons. The van der Waals surface area contributed by atoms with Crippen LogP contribution in [-0.4, -0.2) is 36.1 Å². The fraction of sp³-hybridized carbons (Fsp3) is 0.500. The summed E-state index contributed by atoms with van der Waals surface area (Å²) in [5.41, 5.74) is 2.79. The van der Waals surface area contributed by atoms with Gasteiger partial charge in [0.05, 0.1) is 19.8 Å². The number of para-hydroxylation sites is 1. The number of methoxy groups -OCH3 is 1. The average molecular weight is 375 g/mol. The van der Waals surface area contributed by atoms with Gasteiger partial charge in [0.15, 0.2) is 22.4 Å². The van der Waals surface area contributed by atoms with Gasteiger partial charge in [0.1, 0.15) is 0 Å². The number of thiocarbonyl (C=S) groups is 1. The Balaban J connectivity index is 2.14. The van der Waals surface area contributed by atoms with E-state index in [1.54, 1.807) is 7.11 Å². The van der Waals surface area contributed by atoms with Gasteiger partial charge < -0.3 is 19.7 Å². The first-order valence-electron chi connectivity index (χ1n) is 9.26. The van der Waals surface area contributed by atoms with E-state index in [0.717, 1.165) is 42.6 Å². The number of hydrogen-bond donors (Lipinski definition) is 1. The molecule has 1 aromatic rings. The molecule has 5 nitrogen and oxygen atoms in total. The minimum absolute atomic E-state index is 0.192. The number of benzene rings is 1. The molecule has 0 bridgehead atoms.